The Labute approximate surface area is 167 Å². The number of rotatable bonds is 2. The minimum atomic E-state index is -0.908. The highest BCUT2D eigenvalue weighted by molar-refractivity contribution is 7.20. The number of hydrogen-bond donors (Lipinski definition) is 1. The SMILES string of the molecule is Cc1ccccc1C1(O)CCN(C(=O)c2sc3ncn(C)c(=O)c3c2C)CC1. The van der Waals surface area contributed by atoms with Gasteiger partial charge in [0.2, 0.25) is 0 Å². The van der Waals surface area contributed by atoms with E-state index >= 15 is 0 Å². The third-order valence-electron chi connectivity index (χ3n) is 5.73. The monoisotopic (exact) mass is 397 g/mol. The van der Waals surface area contributed by atoms with E-state index in [1.807, 2.05) is 38.1 Å². The van der Waals surface area contributed by atoms with Crippen LogP contribution >= 0.6 is 11.3 Å². The summed E-state index contributed by atoms with van der Waals surface area (Å²) in [6.07, 6.45) is 2.47. The molecule has 0 saturated carbocycles. The van der Waals surface area contributed by atoms with Gasteiger partial charge in [-0.2, -0.15) is 0 Å². The number of hydrogen-bond acceptors (Lipinski definition) is 5. The van der Waals surface area contributed by atoms with Crippen LogP contribution in [-0.2, 0) is 12.6 Å². The molecule has 0 radical (unpaired) electrons. The molecule has 2 aromatic heterocycles. The minimum Gasteiger partial charge on any atom is -0.385 e. The normalized spacial score (nSPS) is 16.5. The molecule has 0 spiro atoms. The van der Waals surface area contributed by atoms with E-state index in [9.17, 15) is 14.7 Å². The largest absolute Gasteiger partial charge is 0.385 e. The lowest BCUT2D eigenvalue weighted by Gasteiger charge is -2.39. The Morgan fingerprint density at radius 2 is 1.89 bits per heavy atom. The van der Waals surface area contributed by atoms with Gasteiger partial charge in [-0.15, -0.1) is 11.3 Å². The van der Waals surface area contributed by atoms with Gasteiger partial charge in [-0.25, -0.2) is 4.98 Å². The average molecular weight is 398 g/mol. The molecule has 1 N–H and O–H groups in total. The molecule has 6 nitrogen and oxygen atoms in total. The standard InChI is InChI=1S/C21H23N3O3S/c1-13-6-4-5-7-15(13)21(27)8-10-24(11-9-21)20(26)17-14(2)16-18(28-17)22-12-23(3)19(16)25/h4-7,12,27H,8-11H2,1-3H3. The van der Waals surface area contributed by atoms with Crippen LogP contribution in [0.15, 0.2) is 35.4 Å². The summed E-state index contributed by atoms with van der Waals surface area (Å²) in [4.78, 5) is 32.7. The summed E-state index contributed by atoms with van der Waals surface area (Å²) >= 11 is 1.27. The topological polar surface area (TPSA) is 75.4 Å². The van der Waals surface area contributed by atoms with E-state index < -0.39 is 5.60 Å². The highest BCUT2D eigenvalue weighted by Crippen LogP contribution is 2.36. The quantitative estimate of drug-likeness (QED) is 0.721. The number of aliphatic hydroxyl groups is 1. The van der Waals surface area contributed by atoms with Crippen LogP contribution < -0.4 is 5.56 Å². The zero-order valence-corrected chi connectivity index (χ0v) is 17.0. The van der Waals surface area contributed by atoms with E-state index in [0.717, 1.165) is 11.1 Å². The summed E-state index contributed by atoms with van der Waals surface area (Å²) in [6.45, 7) is 4.76. The second-order valence-electron chi connectivity index (χ2n) is 7.54. The molecule has 1 fully saturated rings. The smallest absolute Gasteiger partial charge is 0.264 e. The zero-order chi connectivity index (χ0) is 20.1. The maximum atomic E-state index is 13.1. The van der Waals surface area contributed by atoms with E-state index in [0.29, 0.717) is 46.6 Å². The molecule has 146 valence electrons. The summed E-state index contributed by atoms with van der Waals surface area (Å²) in [5, 5.41) is 11.7. The van der Waals surface area contributed by atoms with Crippen LogP contribution in [0.2, 0.25) is 0 Å². The zero-order valence-electron chi connectivity index (χ0n) is 16.2. The van der Waals surface area contributed by atoms with Gasteiger partial charge in [0.25, 0.3) is 11.5 Å². The van der Waals surface area contributed by atoms with Gasteiger partial charge in [-0.3, -0.25) is 9.59 Å². The van der Waals surface area contributed by atoms with Gasteiger partial charge < -0.3 is 14.6 Å². The van der Waals surface area contributed by atoms with Gasteiger partial charge in [-0.1, -0.05) is 24.3 Å². The van der Waals surface area contributed by atoms with E-state index in [1.54, 1.807) is 11.9 Å². The minimum absolute atomic E-state index is 0.0885. The van der Waals surface area contributed by atoms with E-state index in [4.69, 9.17) is 0 Å². The Bertz CT molecular complexity index is 1120. The summed E-state index contributed by atoms with van der Waals surface area (Å²) in [6, 6.07) is 7.86. The van der Waals surface area contributed by atoms with E-state index in [2.05, 4.69) is 4.98 Å². The molecule has 4 rings (SSSR count). The van der Waals surface area contributed by atoms with Crippen LogP contribution in [0.4, 0.5) is 0 Å². The van der Waals surface area contributed by atoms with Crippen LogP contribution in [0.1, 0.15) is 39.2 Å². The molecular weight excluding hydrogens is 374 g/mol. The number of fused-ring (bicyclic) bond motifs is 1. The van der Waals surface area contributed by atoms with Crippen molar-refractivity contribution < 1.29 is 9.90 Å². The maximum Gasteiger partial charge on any atom is 0.264 e. The Hall–Kier alpha value is -2.51. The Morgan fingerprint density at radius 3 is 2.57 bits per heavy atom. The second-order valence-corrected chi connectivity index (χ2v) is 8.53. The van der Waals surface area contributed by atoms with Crippen molar-refractivity contribution >= 4 is 27.5 Å². The van der Waals surface area contributed by atoms with Crippen LogP contribution in [-0.4, -0.2) is 38.6 Å². The first-order chi connectivity index (χ1) is 13.3. The summed E-state index contributed by atoms with van der Waals surface area (Å²) in [5.74, 6) is -0.0885. The van der Waals surface area contributed by atoms with Gasteiger partial charge in [0, 0.05) is 20.1 Å². The fraction of sp³-hybridized carbons (Fsp3) is 0.381. The van der Waals surface area contributed by atoms with E-state index in [-0.39, 0.29) is 11.5 Å². The molecule has 0 unspecified atom stereocenters. The summed E-state index contributed by atoms with van der Waals surface area (Å²) in [5.41, 5.74) is 1.65. The van der Waals surface area contributed by atoms with E-state index in [1.165, 1.54) is 22.2 Å². The highest BCUT2D eigenvalue weighted by Gasteiger charge is 2.37. The van der Waals surface area contributed by atoms with Gasteiger partial charge in [0.15, 0.2) is 0 Å². The number of piperidine rings is 1. The summed E-state index contributed by atoms with van der Waals surface area (Å²) < 4.78 is 1.43. The number of nitrogens with zero attached hydrogens (tertiary/aromatic N) is 3. The summed E-state index contributed by atoms with van der Waals surface area (Å²) in [7, 11) is 1.66. The lowest BCUT2D eigenvalue weighted by atomic mass is 9.82. The number of aryl methyl sites for hydroxylation is 3. The van der Waals surface area contributed by atoms with Crippen molar-refractivity contribution in [1.29, 1.82) is 0 Å². The van der Waals surface area contributed by atoms with Crippen molar-refractivity contribution in [3.63, 3.8) is 0 Å². The molecule has 0 aliphatic carbocycles. The molecule has 0 bridgehead atoms. The van der Waals surface area contributed by atoms with Gasteiger partial charge in [-0.05, 0) is 43.4 Å². The number of carbonyl (C=O) groups is 1. The Morgan fingerprint density at radius 1 is 1.21 bits per heavy atom. The predicted octanol–water partition coefficient (Wildman–Crippen LogP) is 2.74. The van der Waals surface area contributed by atoms with Gasteiger partial charge >= 0.3 is 0 Å². The van der Waals surface area contributed by atoms with Crippen LogP contribution in [0.5, 0.6) is 0 Å². The van der Waals surface area contributed by atoms with Crippen molar-refractivity contribution in [2.45, 2.75) is 32.3 Å². The number of benzene rings is 1. The highest BCUT2D eigenvalue weighted by atomic mass is 32.1. The Kier molecular flexibility index (Phi) is 4.59. The van der Waals surface area contributed by atoms with Crippen molar-refractivity contribution in [1.82, 2.24) is 14.5 Å². The van der Waals surface area contributed by atoms with Crippen molar-refractivity contribution in [2.24, 2.45) is 7.05 Å². The fourth-order valence-electron chi connectivity index (χ4n) is 4.00. The van der Waals surface area contributed by atoms with Crippen LogP contribution in [0, 0.1) is 13.8 Å². The van der Waals surface area contributed by atoms with Crippen molar-refractivity contribution in [3.8, 4) is 0 Å². The first kappa shape index (κ1) is 18.8. The number of thiophene rings is 1. The molecule has 1 amide bonds. The molecule has 1 saturated heterocycles. The third kappa shape index (κ3) is 2.95. The first-order valence-corrected chi connectivity index (χ1v) is 10.2. The molecule has 1 aliphatic rings. The van der Waals surface area contributed by atoms with Crippen LogP contribution in [0.3, 0.4) is 0 Å². The third-order valence-corrected chi connectivity index (χ3v) is 6.92. The molecule has 0 atom stereocenters. The lowest BCUT2D eigenvalue weighted by Crippen LogP contribution is -2.45. The molecule has 1 aromatic carbocycles. The van der Waals surface area contributed by atoms with Gasteiger partial charge in [0.05, 0.1) is 22.2 Å². The van der Waals surface area contributed by atoms with Gasteiger partial charge in [0.1, 0.15) is 4.83 Å². The first-order valence-electron chi connectivity index (χ1n) is 9.34. The Balaban J connectivity index is 1.59. The maximum absolute atomic E-state index is 13.1. The molecule has 28 heavy (non-hydrogen) atoms. The number of amides is 1. The average Bonchev–Trinajstić information content (AvgIpc) is 3.02. The molecule has 7 heteroatoms. The van der Waals surface area contributed by atoms with Crippen molar-refractivity contribution in [3.05, 3.63) is 62.5 Å². The molecule has 1 aliphatic heterocycles. The molecule has 3 heterocycles. The second kappa shape index (κ2) is 6.83. The number of aromatic nitrogens is 2. The molecular formula is C21H23N3O3S. The predicted molar refractivity (Wildman–Crippen MR) is 110 cm³/mol. The number of likely N-dealkylation sites (tertiary alicyclic amines) is 1. The fourth-order valence-corrected chi connectivity index (χ4v) is 5.11. The lowest BCUT2D eigenvalue weighted by molar-refractivity contribution is -0.0214. The van der Waals surface area contributed by atoms with Crippen molar-refractivity contribution in [2.75, 3.05) is 13.1 Å². The number of carbonyl (C=O) groups excluding carboxylic acids is 1. The molecule has 3 aromatic rings. The van der Waals surface area contributed by atoms with Crippen LogP contribution in [0.25, 0.3) is 10.2 Å².